The predicted molar refractivity (Wildman–Crippen MR) is 68.0 cm³/mol. The Morgan fingerprint density at radius 3 is 2.88 bits per heavy atom. The van der Waals surface area contributed by atoms with Crippen molar-refractivity contribution in [2.24, 2.45) is 0 Å². The molecule has 0 saturated carbocycles. The van der Waals surface area contributed by atoms with Gasteiger partial charge < -0.3 is 5.73 Å². The third-order valence-electron chi connectivity index (χ3n) is 2.89. The average molecular weight is 224 g/mol. The summed E-state index contributed by atoms with van der Waals surface area (Å²) >= 11 is 0. The summed E-state index contributed by atoms with van der Waals surface area (Å²) in [5, 5.41) is 5.35. The Bertz CT molecular complexity index is 685. The Morgan fingerprint density at radius 2 is 2.06 bits per heavy atom. The highest BCUT2D eigenvalue weighted by atomic mass is 15.3. The molecule has 17 heavy (non-hydrogen) atoms. The number of nitrogens with two attached hydrogens (primary N) is 1. The van der Waals surface area contributed by atoms with Crippen LogP contribution in [0.1, 0.15) is 5.56 Å². The summed E-state index contributed by atoms with van der Waals surface area (Å²) in [7, 11) is 0. The highest BCUT2D eigenvalue weighted by molar-refractivity contribution is 5.91. The van der Waals surface area contributed by atoms with Crippen LogP contribution in [-0.4, -0.2) is 14.8 Å². The van der Waals surface area contributed by atoms with Crippen LogP contribution in [0.2, 0.25) is 0 Å². The molecule has 84 valence electrons. The molecule has 4 nitrogen and oxygen atoms in total. The van der Waals surface area contributed by atoms with E-state index in [0.717, 1.165) is 27.8 Å². The van der Waals surface area contributed by atoms with Gasteiger partial charge in [-0.1, -0.05) is 6.07 Å². The minimum atomic E-state index is 0.746. The zero-order valence-corrected chi connectivity index (χ0v) is 9.46. The van der Waals surface area contributed by atoms with Crippen LogP contribution >= 0.6 is 0 Å². The van der Waals surface area contributed by atoms with Crippen molar-refractivity contribution in [1.29, 1.82) is 0 Å². The predicted octanol–water partition coefficient (Wildman–Crippen LogP) is 2.31. The van der Waals surface area contributed by atoms with Gasteiger partial charge in [-0.05, 0) is 30.7 Å². The lowest BCUT2D eigenvalue weighted by Crippen LogP contribution is -1.99. The lowest BCUT2D eigenvalue weighted by atomic mass is 10.2. The standard InChI is InChI=1S/C13H12N4/c1-9-5-6-15-8-13(9)17-12-4-2-3-11(14)10(12)7-16-17/h2-8H,14H2,1H3. The molecule has 0 aliphatic rings. The van der Waals surface area contributed by atoms with Crippen molar-refractivity contribution in [3.63, 3.8) is 0 Å². The Balaban J connectivity index is 2.33. The number of rotatable bonds is 1. The summed E-state index contributed by atoms with van der Waals surface area (Å²) in [4.78, 5) is 4.14. The molecule has 0 radical (unpaired) electrons. The second-order valence-electron chi connectivity index (χ2n) is 4.00. The highest BCUT2D eigenvalue weighted by Gasteiger charge is 2.08. The van der Waals surface area contributed by atoms with Gasteiger partial charge in [0, 0.05) is 17.3 Å². The van der Waals surface area contributed by atoms with E-state index in [0.29, 0.717) is 0 Å². The molecular formula is C13H12N4. The Hall–Kier alpha value is -2.36. The number of benzene rings is 1. The van der Waals surface area contributed by atoms with E-state index in [1.165, 1.54) is 0 Å². The van der Waals surface area contributed by atoms with E-state index in [-0.39, 0.29) is 0 Å². The summed E-state index contributed by atoms with van der Waals surface area (Å²) in [6, 6.07) is 7.78. The summed E-state index contributed by atoms with van der Waals surface area (Å²) < 4.78 is 1.87. The fraction of sp³-hybridized carbons (Fsp3) is 0.0769. The van der Waals surface area contributed by atoms with E-state index in [1.54, 1.807) is 12.4 Å². The van der Waals surface area contributed by atoms with Gasteiger partial charge in [-0.3, -0.25) is 4.98 Å². The molecule has 1 aromatic carbocycles. The van der Waals surface area contributed by atoms with Crippen LogP contribution in [-0.2, 0) is 0 Å². The molecular weight excluding hydrogens is 212 g/mol. The molecule has 0 bridgehead atoms. The number of nitrogen functional groups attached to an aromatic ring is 1. The van der Waals surface area contributed by atoms with E-state index < -0.39 is 0 Å². The maximum absolute atomic E-state index is 5.92. The Morgan fingerprint density at radius 1 is 1.18 bits per heavy atom. The van der Waals surface area contributed by atoms with Crippen LogP contribution < -0.4 is 5.73 Å². The van der Waals surface area contributed by atoms with Crippen molar-refractivity contribution in [3.05, 3.63) is 48.4 Å². The van der Waals surface area contributed by atoms with Gasteiger partial charge in [-0.25, -0.2) is 4.68 Å². The zero-order valence-electron chi connectivity index (χ0n) is 9.46. The van der Waals surface area contributed by atoms with Crippen LogP contribution in [0.25, 0.3) is 16.6 Å². The molecule has 0 fully saturated rings. The molecule has 4 heteroatoms. The van der Waals surface area contributed by atoms with E-state index in [4.69, 9.17) is 5.73 Å². The van der Waals surface area contributed by atoms with Crippen LogP contribution in [0, 0.1) is 6.92 Å². The number of aromatic nitrogens is 3. The minimum absolute atomic E-state index is 0.746. The Kier molecular flexibility index (Phi) is 2.08. The summed E-state index contributed by atoms with van der Waals surface area (Å²) in [6.07, 6.45) is 5.38. The van der Waals surface area contributed by atoms with Crippen LogP contribution in [0.4, 0.5) is 5.69 Å². The molecule has 3 aromatic rings. The maximum atomic E-state index is 5.92. The molecule has 0 atom stereocenters. The smallest absolute Gasteiger partial charge is 0.0865 e. The fourth-order valence-electron chi connectivity index (χ4n) is 1.94. The second-order valence-corrected chi connectivity index (χ2v) is 4.00. The van der Waals surface area contributed by atoms with Gasteiger partial charge in [0.15, 0.2) is 0 Å². The molecule has 0 aliphatic heterocycles. The fourth-order valence-corrected chi connectivity index (χ4v) is 1.94. The topological polar surface area (TPSA) is 56.7 Å². The quantitative estimate of drug-likeness (QED) is 0.645. The van der Waals surface area contributed by atoms with Gasteiger partial charge in [0.1, 0.15) is 0 Å². The first-order valence-corrected chi connectivity index (χ1v) is 5.40. The molecule has 3 rings (SSSR count). The molecule has 0 amide bonds. The van der Waals surface area contributed by atoms with Gasteiger partial charge in [-0.2, -0.15) is 5.10 Å². The molecule has 0 aliphatic carbocycles. The molecule has 0 unspecified atom stereocenters. The van der Waals surface area contributed by atoms with Crippen molar-refractivity contribution >= 4 is 16.6 Å². The lowest BCUT2D eigenvalue weighted by Gasteiger charge is -2.06. The number of anilines is 1. The first-order chi connectivity index (χ1) is 8.27. The lowest BCUT2D eigenvalue weighted by molar-refractivity contribution is 0.894. The summed E-state index contributed by atoms with van der Waals surface area (Å²) in [6.45, 7) is 2.04. The number of hydrogen-bond donors (Lipinski definition) is 1. The third kappa shape index (κ3) is 1.45. The third-order valence-corrected chi connectivity index (χ3v) is 2.89. The zero-order chi connectivity index (χ0) is 11.8. The van der Waals surface area contributed by atoms with E-state index >= 15 is 0 Å². The van der Waals surface area contributed by atoms with Crippen molar-refractivity contribution in [1.82, 2.24) is 14.8 Å². The number of nitrogens with zero attached hydrogens (tertiary/aromatic N) is 3. The first-order valence-electron chi connectivity index (χ1n) is 5.40. The van der Waals surface area contributed by atoms with Crippen molar-refractivity contribution in [2.75, 3.05) is 5.73 Å². The monoisotopic (exact) mass is 224 g/mol. The molecule has 2 heterocycles. The van der Waals surface area contributed by atoms with Crippen molar-refractivity contribution in [3.8, 4) is 5.69 Å². The van der Waals surface area contributed by atoms with E-state index in [9.17, 15) is 0 Å². The summed E-state index contributed by atoms with van der Waals surface area (Å²) in [5.41, 5.74) is 9.77. The van der Waals surface area contributed by atoms with Gasteiger partial charge in [0.2, 0.25) is 0 Å². The van der Waals surface area contributed by atoms with Crippen LogP contribution in [0.3, 0.4) is 0 Å². The average Bonchev–Trinajstić information content (AvgIpc) is 2.75. The van der Waals surface area contributed by atoms with Gasteiger partial charge in [0.25, 0.3) is 0 Å². The van der Waals surface area contributed by atoms with Gasteiger partial charge in [-0.15, -0.1) is 0 Å². The SMILES string of the molecule is Cc1ccncc1-n1ncc2c(N)cccc21. The van der Waals surface area contributed by atoms with E-state index in [1.807, 2.05) is 42.1 Å². The normalized spacial score (nSPS) is 10.9. The minimum Gasteiger partial charge on any atom is -0.398 e. The molecule has 0 saturated heterocycles. The van der Waals surface area contributed by atoms with Crippen molar-refractivity contribution < 1.29 is 0 Å². The highest BCUT2D eigenvalue weighted by Crippen LogP contribution is 2.23. The first kappa shape index (κ1) is 9.84. The van der Waals surface area contributed by atoms with Gasteiger partial charge >= 0.3 is 0 Å². The largest absolute Gasteiger partial charge is 0.398 e. The van der Waals surface area contributed by atoms with E-state index in [2.05, 4.69) is 10.1 Å². The second kappa shape index (κ2) is 3.59. The number of aryl methyl sites for hydroxylation is 1. The van der Waals surface area contributed by atoms with Crippen LogP contribution in [0.15, 0.2) is 42.9 Å². The maximum Gasteiger partial charge on any atom is 0.0865 e. The number of hydrogen-bond acceptors (Lipinski definition) is 3. The Labute approximate surface area is 98.7 Å². The molecule has 2 N–H and O–H groups in total. The molecule has 2 aromatic heterocycles. The van der Waals surface area contributed by atoms with Crippen molar-refractivity contribution in [2.45, 2.75) is 6.92 Å². The number of fused-ring (bicyclic) bond motifs is 1. The number of pyridine rings is 1. The molecule has 0 spiro atoms. The van der Waals surface area contributed by atoms with Gasteiger partial charge in [0.05, 0.1) is 23.6 Å². The van der Waals surface area contributed by atoms with Crippen LogP contribution in [0.5, 0.6) is 0 Å². The summed E-state index contributed by atoms with van der Waals surface area (Å²) in [5.74, 6) is 0.